The van der Waals surface area contributed by atoms with Crippen molar-refractivity contribution in [2.45, 2.75) is 119 Å². The van der Waals surface area contributed by atoms with Gasteiger partial charge in [0.15, 0.2) is 11.9 Å². The van der Waals surface area contributed by atoms with Crippen LogP contribution >= 0.6 is 0 Å². The maximum absolute atomic E-state index is 15.3. The Kier molecular flexibility index (Phi) is 25.3. The maximum Gasteiger partial charge on any atom is 0.243 e. The van der Waals surface area contributed by atoms with Gasteiger partial charge in [0.25, 0.3) is 0 Å². The van der Waals surface area contributed by atoms with E-state index in [4.69, 9.17) is 28.7 Å². The molecule has 9 amide bonds. The van der Waals surface area contributed by atoms with Gasteiger partial charge in [-0.15, -0.1) is 0 Å². The summed E-state index contributed by atoms with van der Waals surface area (Å²) in [4.78, 5) is 158. The van der Waals surface area contributed by atoms with Crippen molar-refractivity contribution < 1.29 is 43.2 Å². The van der Waals surface area contributed by atoms with Crippen LogP contribution in [-0.2, 0) is 81.7 Å². The fourth-order valence-corrected chi connectivity index (χ4v) is 10.9. The number of imidazole rings is 2. The van der Waals surface area contributed by atoms with Gasteiger partial charge in [0.05, 0.1) is 24.0 Å². The second-order valence-electron chi connectivity index (χ2n) is 23.0. The van der Waals surface area contributed by atoms with Gasteiger partial charge in [-0.3, -0.25) is 53.1 Å². The number of aliphatic imine (C=N–C) groups is 2. The molecule has 4 aromatic carbocycles. The monoisotopic (exact) mass is 1310 g/mol. The Morgan fingerprint density at radius 1 is 0.396 bits per heavy atom. The number of carbonyl (C=O) groups excluding carboxylic acids is 9. The van der Waals surface area contributed by atoms with E-state index in [1.54, 1.807) is 85.3 Å². The normalized spacial score (nSPS) is 13.6. The summed E-state index contributed by atoms with van der Waals surface area (Å²) in [5.41, 5.74) is 33.2. The van der Waals surface area contributed by atoms with E-state index in [1.165, 1.54) is 25.8 Å². The van der Waals surface area contributed by atoms with Gasteiger partial charge in [0, 0.05) is 105 Å². The van der Waals surface area contributed by atoms with E-state index < -0.39 is 101 Å². The zero-order valence-corrected chi connectivity index (χ0v) is 52.8. The largest absolute Gasteiger partial charge is 0.370 e. The van der Waals surface area contributed by atoms with Gasteiger partial charge in [-0.25, -0.2) is 9.97 Å². The average molecular weight is 1310 g/mol. The molecule has 0 radical (unpaired) electrons. The summed E-state index contributed by atoms with van der Waals surface area (Å²) in [5, 5.41) is 23.7. The number of carbonyl (C=O) groups is 9. The number of aromatic amines is 4. The summed E-state index contributed by atoms with van der Waals surface area (Å²) < 4.78 is 0. The Morgan fingerprint density at radius 3 is 1.10 bits per heavy atom. The fourth-order valence-electron chi connectivity index (χ4n) is 10.9. The Morgan fingerprint density at radius 2 is 0.729 bits per heavy atom. The lowest BCUT2D eigenvalue weighted by atomic mass is 10.0. The van der Waals surface area contributed by atoms with Crippen molar-refractivity contribution in [3.8, 4) is 0 Å². The molecule has 0 aliphatic rings. The number of benzene rings is 4. The third-order valence-corrected chi connectivity index (χ3v) is 15.7. The van der Waals surface area contributed by atoms with Gasteiger partial charge >= 0.3 is 0 Å². The molecule has 504 valence electrons. The first-order chi connectivity index (χ1) is 46.3. The van der Waals surface area contributed by atoms with E-state index in [9.17, 15) is 28.8 Å². The first kappa shape index (κ1) is 70.0. The van der Waals surface area contributed by atoms with Crippen molar-refractivity contribution in [2.75, 3.05) is 13.1 Å². The molecule has 0 saturated carbocycles. The molecule has 96 heavy (non-hydrogen) atoms. The second kappa shape index (κ2) is 34.7. The quantitative estimate of drug-likeness (QED) is 0.0132. The van der Waals surface area contributed by atoms with Crippen molar-refractivity contribution in [3.05, 3.63) is 180 Å². The molecule has 0 unspecified atom stereocenters. The van der Waals surface area contributed by atoms with Crippen molar-refractivity contribution in [1.82, 2.24) is 72.4 Å². The molecule has 4 aromatic heterocycles. The number of para-hydroxylation sites is 2. The van der Waals surface area contributed by atoms with E-state index in [1.807, 2.05) is 42.5 Å². The number of rotatable bonds is 36. The smallest absolute Gasteiger partial charge is 0.243 e. The predicted molar refractivity (Wildman–Crippen MR) is 359 cm³/mol. The summed E-state index contributed by atoms with van der Waals surface area (Å²) in [6.07, 6.45) is 8.79. The van der Waals surface area contributed by atoms with E-state index in [0.717, 1.165) is 10.9 Å². The first-order valence-corrected chi connectivity index (χ1v) is 31.2. The van der Waals surface area contributed by atoms with Crippen LogP contribution in [0.15, 0.2) is 157 Å². The Bertz CT molecular complexity index is 3980. The van der Waals surface area contributed by atoms with E-state index in [0.29, 0.717) is 44.5 Å². The van der Waals surface area contributed by atoms with Crippen LogP contribution in [-0.4, -0.2) is 156 Å². The van der Waals surface area contributed by atoms with Crippen LogP contribution in [0.25, 0.3) is 21.8 Å². The minimum absolute atomic E-state index is 0.00817. The molecule has 8 atom stereocenters. The molecular weight excluding hydrogens is 1230 g/mol. The van der Waals surface area contributed by atoms with Gasteiger partial charge in [0.2, 0.25) is 53.2 Å². The fraction of sp³-hybridized carbons (Fsp3) is 0.318. The van der Waals surface area contributed by atoms with Crippen LogP contribution in [0.1, 0.15) is 66.2 Å². The van der Waals surface area contributed by atoms with Gasteiger partial charge in [-0.05, 0) is 60.1 Å². The van der Waals surface area contributed by atoms with Gasteiger partial charge in [-0.1, -0.05) is 97.1 Å². The summed E-state index contributed by atoms with van der Waals surface area (Å²) in [7, 11) is 0. The van der Waals surface area contributed by atoms with Crippen molar-refractivity contribution in [1.29, 1.82) is 0 Å². The number of nitrogens with zero attached hydrogens (tertiary/aromatic N) is 4. The molecule has 4 heterocycles. The number of hydrogen-bond donors (Lipinski definition) is 17. The number of primary amides is 1. The second-order valence-corrected chi connectivity index (χ2v) is 23.0. The predicted octanol–water partition coefficient (Wildman–Crippen LogP) is -0.658. The molecule has 0 aliphatic carbocycles. The van der Waals surface area contributed by atoms with Crippen LogP contribution < -0.4 is 71.2 Å². The van der Waals surface area contributed by atoms with Gasteiger partial charge in [-0.2, -0.15) is 0 Å². The minimum atomic E-state index is -1.51. The Hall–Kier alpha value is -11.9. The van der Waals surface area contributed by atoms with E-state index >= 15 is 14.4 Å². The zero-order chi connectivity index (χ0) is 68.5. The van der Waals surface area contributed by atoms with Crippen LogP contribution in [0, 0.1) is 0 Å². The minimum Gasteiger partial charge on any atom is -0.370 e. The molecule has 8 rings (SSSR count). The van der Waals surface area contributed by atoms with Crippen molar-refractivity contribution >= 4 is 86.9 Å². The molecule has 0 bridgehead atoms. The highest BCUT2D eigenvalue weighted by Crippen LogP contribution is 2.22. The molecule has 30 nitrogen and oxygen atoms in total. The van der Waals surface area contributed by atoms with Crippen LogP contribution in [0.5, 0.6) is 0 Å². The SMILES string of the molecule is CC(=O)N[C@@H](Cc1c[nH]cn1)C(=O)N[C@H](Cc1ccccc1)C(=O)N[C@@H](CCCN=C(N)N)C(=O)N[C@@H](Cc1c[nH]c2ccccc12)C(=O)N[C@@H](Cc1c[nH]cn1)C(=O)N[C@H](Cc1ccccc1)C(=O)N[C@@H](CCCN=C(N)N)C(=O)N[C@@H](Cc1c[nH]c2ccccc12)C(N)=O. The maximum atomic E-state index is 15.3. The lowest BCUT2D eigenvalue weighted by Gasteiger charge is -2.28. The third-order valence-electron chi connectivity index (χ3n) is 15.7. The summed E-state index contributed by atoms with van der Waals surface area (Å²) in [6, 6.07) is 21.2. The highest BCUT2D eigenvalue weighted by atomic mass is 16.2. The van der Waals surface area contributed by atoms with Gasteiger partial charge in [0.1, 0.15) is 48.3 Å². The molecule has 0 aliphatic heterocycles. The number of nitrogens with two attached hydrogens (primary N) is 5. The van der Waals surface area contributed by atoms with E-state index in [2.05, 4.69) is 82.4 Å². The molecular formula is C66H81N21O9. The molecule has 30 heteroatoms. The summed E-state index contributed by atoms with van der Waals surface area (Å²) >= 11 is 0. The molecule has 0 saturated heterocycles. The standard InChI is InChI=1S/C66H81N21O9/c1-38(88)80-55(30-43-34-72-36-78-43)63(95)84-52(26-39-14-4-2-5-15-39)60(92)82-50(23-13-25-75-66(70)71)59(91)86-54(29-42-33-77-48-21-11-9-19-46(42)48)62(94)87-56(31-44-35-73-37-79-44)64(96)85-53(27-40-16-6-3-7-17-40)61(93)81-49(22-12-24-74-65(68)69)58(90)83-51(57(67)89)28-41-32-76-47-20-10-8-18-45(41)47/h2-11,14-21,32-37,49-56,76-77H,12-13,22-31H2,1H3,(H2,67,89)(H,72,78)(H,73,79)(H,80,88)(H,81,93)(H,82,92)(H,83,90)(H,84,95)(H,85,96)(H,86,91)(H,87,94)(H4,68,69,74)(H4,70,71,75)/t49-,50-,51-,52+,53+,54-,55-,56-/m0/s1. The number of amides is 9. The molecule has 0 fully saturated rings. The highest BCUT2D eigenvalue weighted by Gasteiger charge is 2.36. The number of nitrogens with one attached hydrogen (secondary N) is 12. The summed E-state index contributed by atoms with van der Waals surface area (Å²) in [6.45, 7) is 1.34. The number of fused-ring (bicyclic) bond motifs is 2. The van der Waals surface area contributed by atoms with Crippen LogP contribution in [0.2, 0.25) is 0 Å². The van der Waals surface area contributed by atoms with Crippen molar-refractivity contribution in [2.24, 2.45) is 38.7 Å². The van der Waals surface area contributed by atoms with Gasteiger partial charge < -0.3 is 91.1 Å². The number of hydrogen-bond acceptors (Lipinski definition) is 13. The number of guanidine groups is 2. The lowest BCUT2D eigenvalue weighted by molar-refractivity contribution is -0.136. The Balaban J connectivity index is 1.08. The highest BCUT2D eigenvalue weighted by molar-refractivity contribution is 5.99. The van der Waals surface area contributed by atoms with Crippen LogP contribution in [0.3, 0.4) is 0 Å². The number of H-pyrrole nitrogens is 4. The van der Waals surface area contributed by atoms with Crippen LogP contribution in [0.4, 0.5) is 0 Å². The molecule has 8 aromatic rings. The van der Waals surface area contributed by atoms with Crippen molar-refractivity contribution in [3.63, 3.8) is 0 Å². The third kappa shape index (κ3) is 21.1. The van der Waals surface area contributed by atoms with E-state index in [-0.39, 0.29) is 89.2 Å². The number of aromatic nitrogens is 6. The lowest BCUT2D eigenvalue weighted by Crippen LogP contribution is -2.61. The first-order valence-electron chi connectivity index (χ1n) is 31.2. The zero-order valence-electron chi connectivity index (χ0n) is 52.8. The average Bonchev–Trinajstić information content (AvgIpc) is 1.62. The topological polar surface area (TPSA) is 494 Å². The molecule has 0 spiro atoms. The Labute approximate surface area is 551 Å². The molecule has 22 N–H and O–H groups in total. The summed E-state index contributed by atoms with van der Waals surface area (Å²) in [5.74, 6) is -7.47.